The van der Waals surface area contributed by atoms with Gasteiger partial charge in [-0.2, -0.15) is 0 Å². The van der Waals surface area contributed by atoms with Gasteiger partial charge in [-0.3, -0.25) is 4.79 Å². The molecule has 0 fully saturated rings. The van der Waals surface area contributed by atoms with Gasteiger partial charge in [-0.05, 0) is 68.1 Å². The van der Waals surface area contributed by atoms with Gasteiger partial charge in [-0.25, -0.2) is 9.59 Å². The normalized spacial score (nSPS) is 12.4. The summed E-state index contributed by atoms with van der Waals surface area (Å²) in [6.45, 7) is 1.83. The van der Waals surface area contributed by atoms with Crippen molar-refractivity contribution in [3.05, 3.63) is 69.6 Å². The van der Waals surface area contributed by atoms with Crippen molar-refractivity contribution in [2.75, 3.05) is 18.5 Å². The van der Waals surface area contributed by atoms with E-state index in [1.54, 1.807) is 43.3 Å². The van der Waals surface area contributed by atoms with Crippen molar-refractivity contribution < 1.29 is 23.5 Å². The molecule has 0 spiro atoms. The molecule has 2 aromatic carbocycles. The van der Waals surface area contributed by atoms with Crippen LogP contribution in [0.4, 0.5) is 5.69 Å². The lowest BCUT2D eigenvalue weighted by atomic mass is 10.1. The van der Waals surface area contributed by atoms with Gasteiger partial charge in [0.05, 0.1) is 12.2 Å². The SMILES string of the molecule is CCOC(=O)c1ccc(NC(=O)COc2ccc3c4c(c(=O)oc3c2)CCC4)cc1. The number of nitrogens with one attached hydrogen (secondary N) is 1. The summed E-state index contributed by atoms with van der Waals surface area (Å²) in [5.74, 6) is -0.321. The Hall–Kier alpha value is -3.61. The minimum absolute atomic E-state index is 0.208. The van der Waals surface area contributed by atoms with Crippen LogP contribution in [0, 0.1) is 0 Å². The first-order valence-electron chi connectivity index (χ1n) is 9.83. The smallest absolute Gasteiger partial charge is 0.339 e. The zero-order valence-electron chi connectivity index (χ0n) is 16.5. The Morgan fingerprint density at radius 1 is 1.07 bits per heavy atom. The molecule has 7 nitrogen and oxygen atoms in total. The lowest BCUT2D eigenvalue weighted by Gasteiger charge is -2.09. The van der Waals surface area contributed by atoms with E-state index in [9.17, 15) is 14.4 Å². The zero-order chi connectivity index (χ0) is 21.1. The predicted molar refractivity (Wildman–Crippen MR) is 111 cm³/mol. The van der Waals surface area contributed by atoms with Crippen LogP contribution in [0.1, 0.15) is 34.8 Å². The monoisotopic (exact) mass is 407 g/mol. The predicted octanol–water partition coefficient (Wildman–Crippen LogP) is 3.48. The molecule has 0 atom stereocenters. The van der Waals surface area contributed by atoms with Crippen LogP contribution in [0.15, 0.2) is 51.7 Å². The van der Waals surface area contributed by atoms with Crippen molar-refractivity contribution in [2.45, 2.75) is 26.2 Å². The number of carbonyl (C=O) groups excluding carboxylic acids is 2. The number of anilines is 1. The minimum atomic E-state index is -0.410. The van der Waals surface area contributed by atoms with Crippen molar-refractivity contribution in [3.8, 4) is 5.75 Å². The molecule has 154 valence electrons. The average Bonchev–Trinajstić information content (AvgIpc) is 3.24. The molecular formula is C23H21NO6. The fourth-order valence-electron chi connectivity index (χ4n) is 3.60. The van der Waals surface area contributed by atoms with Gasteiger partial charge >= 0.3 is 11.6 Å². The van der Waals surface area contributed by atoms with E-state index in [2.05, 4.69) is 5.32 Å². The number of ether oxygens (including phenoxy) is 2. The maximum absolute atomic E-state index is 12.2. The first kappa shape index (κ1) is 19.7. The van der Waals surface area contributed by atoms with Gasteiger partial charge in [0.1, 0.15) is 11.3 Å². The van der Waals surface area contributed by atoms with Crippen LogP contribution < -0.4 is 15.7 Å². The molecule has 0 unspecified atom stereocenters. The molecule has 1 aliphatic carbocycles. The molecule has 1 aromatic heterocycles. The van der Waals surface area contributed by atoms with Crippen LogP contribution in [0.5, 0.6) is 5.75 Å². The van der Waals surface area contributed by atoms with E-state index in [1.807, 2.05) is 6.07 Å². The third-order valence-corrected chi connectivity index (χ3v) is 4.99. The fraction of sp³-hybridized carbons (Fsp3) is 0.261. The number of amides is 1. The van der Waals surface area contributed by atoms with Gasteiger partial charge in [0.25, 0.3) is 5.91 Å². The Morgan fingerprint density at radius 2 is 1.83 bits per heavy atom. The molecule has 0 bridgehead atoms. The molecule has 0 saturated heterocycles. The summed E-state index contributed by atoms with van der Waals surface area (Å²) >= 11 is 0. The molecule has 1 heterocycles. The first-order valence-corrected chi connectivity index (χ1v) is 9.83. The van der Waals surface area contributed by atoms with Crippen molar-refractivity contribution in [1.29, 1.82) is 0 Å². The number of hydrogen-bond acceptors (Lipinski definition) is 6. The second-order valence-corrected chi connectivity index (χ2v) is 6.99. The summed E-state index contributed by atoms with van der Waals surface area (Å²) in [4.78, 5) is 35.9. The molecule has 1 N–H and O–H groups in total. The maximum atomic E-state index is 12.2. The van der Waals surface area contributed by atoms with E-state index in [4.69, 9.17) is 13.9 Å². The van der Waals surface area contributed by atoms with Gasteiger partial charge in [0.2, 0.25) is 0 Å². The molecule has 4 rings (SSSR count). The van der Waals surface area contributed by atoms with Gasteiger partial charge in [-0.15, -0.1) is 0 Å². The number of rotatable bonds is 6. The van der Waals surface area contributed by atoms with Crippen LogP contribution in [0.25, 0.3) is 11.0 Å². The molecule has 0 radical (unpaired) electrons. The highest BCUT2D eigenvalue weighted by Crippen LogP contribution is 2.29. The maximum Gasteiger partial charge on any atom is 0.339 e. The highest BCUT2D eigenvalue weighted by atomic mass is 16.5. The van der Waals surface area contributed by atoms with Crippen molar-refractivity contribution in [1.82, 2.24) is 0 Å². The number of carbonyl (C=O) groups is 2. The summed E-state index contributed by atoms with van der Waals surface area (Å²) in [6.07, 6.45) is 2.58. The lowest BCUT2D eigenvalue weighted by molar-refractivity contribution is -0.118. The standard InChI is InChI=1S/C23H21NO6/c1-2-28-22(26)14-6-8-15(9-7-14)24-21(25)13-29-16-10-11-18-17-4-3-5-19(17)23(27)30-20(18)12-16/h6-12H,2-5,13H2,1H3,(H,24,25). The van der Waals surface area contributed by atoms with Crippen LogP contribution in [0.2, 0.25) is 0 Å². The third kappa shape index (κ3) is 4.05. The number of esters is 1. The molecule has 1 amide bonds. The van der Waals surface area contributed by atoms with E-state index in [0.717, 1.165) is 35.8 Å². The van der Waals surface area contributed by atoms with Crippen LogP contribution >= 0.6 is 0 Å². The van der Waals surface area contributed by atoms with Gasteiger partial charge < -0.3 is 19.2 Å². The summed E-state index contributed by atoms with van der Waals surface area (Å²) in [7, 11) is 0. The Labute approximate surface area is 172 Å². The third-order valence-electron chi connectivity index (χ3n) is 4.99. The van der Waals surface area contributed by atoms with Gasteiger partial charge in [0.15, 0.2) is 6.61 Å². The lowest BCUT2D eigenvalue weighted by Crippen LogP contribution is -2.20. The summed E-state index contributed by atoms with van der Waals surface area (Å²) in [6, 6.07) is 11.7. The Bertz CT molecular complexity index is 1160. The van der Waals surface area contributed by atoms with Gasteiger partial charge in [-0.1, -0.05) is 0 Å². The van der Waals surface area contributed by atoms with E-state index in [1.165, 1.54) is 0 Å². The number of aryl methyl sites for hydroxylation is 1. The second kappa shape index (κ2) is 8.41. The average molecular weight is 407 g/mol. The quantitative estimate of drug-likeness (QED) is 0.497. The van der Waals surface area contributed by atoms with Crippen LogP contribution in [-0.4, -0.2) is 25.1 Å². The van der Waals surface area contributed by atoms with Crippen LogP contribution in [0.3, 0.4) is 0 Å². The number of fused-ring (bicyclic) bond motifs is 3. The van der Waals surface area contributed by atoms with Crippen molar-refractivity contribution >= 4 is 28.5 Å². The van der Waals surface area contributed by atoms with E-state index in [0.29, 0.717) is 29.2 Å². The molecular weight excluding hydrogens is 386 g/mol. The Morgan fingerprint density at radius 3 is 2.60 bits per heavy atom. The number of hydrogen-bond donors (Lipinski definition) is 1. The fourth-order valence-corrected chi connectivity index (χ4v) is 3.60. The Balaban J connectivity index is 1.39. The molecule has 1 aliphatic rings. The first-order chi connectivity index (χ1) is 14.5. The van der Waals surface area contributed by atoms with Gasteiger partial charge in [0, 0.05) is 22.7 Å². The summed E-state index contributed by atoms with van der Waals surface area (Å²) in [5.41, 5.74) is 2.94. The van der Waals surface area contributed by atoms with E-state index >= 15 is 0 Å². The largest absolute Gasteiger partial charge is 0.484 e. The molecule has 3 aromatic rings. The minimum Gasteiger partial charge on any atom is -0.484 e. The summed E-state index contributed by atoms with van der Waals surface area (Å²) < 4.78 is 15.9. The molecule has 0 saturated carbocycles. The zero-order valence-corrected chi connectivity index (χ0v) is 16.5. The highest BCUT2D eigenvalue weighted by molar-refractivity contribution is 5.93. The topological polar surface area (TPSA) is 94.8 Å². The summed E-state index contributed by atoms with van der Waals surface area (Å²) in [5, 5.41) is 3.62. The van der Waals surface area contributed by atoms with Crippen LogP contribution in [-0.2, 0) is 22.4 Å². The van der Waals surface area contributed by atoms with E-state index < -0.39 is 5.97 Å². The molecule has 30 heavy (non-hydrogen) atoms. The highest BCUT2D eigenvalue weighted by Gasteiger charge is 2.19. The number of benzene rings is 2. The molecule has 0 aliphatic heterocycles. The van der Waals surface area contributed by atoms with Crippen molar-refractivity contribution in [3.63, 3.8) is 0 Å². The second-order valence-electron chi connectivity index (χ2n) is 6.99. The molecule has 7 heteroatoms. The van der Waals surface area contributed by atoms with Crippen molar-refractivity contribution in [2.24, 2.45) is 0 Å². The Kier molecular flexibility index (Phi) is 5.52. The van der Waals surface area contributed by atoms with E-state index in [-0.39, 0.29) is 18.1 Å².